The summed E-state index contributed by atoms with van der Waals surface area (Å²) in [6, 6.07) is 12.4. The zero-order valence-corrected chi connectivity index (χ0v) is 17.5. The van der Waals surface area contributed by atoms with Gasteiger partial charge in [-0.1, -0.05) is 47.5 Å². The van der Waals surface area contributed by atoms with E-state index in [0.29, 0.717) is 53.9 Å². The molecule has 5 nitrogen and oxygen atoms in total. The normalized spacial score (nSPS) is 10.4. The highest BCUT2D eigenvalue weighted by Gasteiger charge is 2.14. The highest BCUT2D eigenvalue weighted by atomic mass is 35.5. The molecule has 150 valence electrons. The van der Waals surface area contributed by atoms with Gasteiger partial charge in [0.1, 0.15) is 5.75 Å². The number of nitrogens with one attached hydrogen (secondary N) is 1. The van der Waals surface area contributed by atoms with Crippen molar-refractivity contribution in [2.24, 2.45) is 0 Å². The van der Waals surface area contributed by atoms with Crippen LogP contribution in [-0.4, -0.2) is 36.9 Å². The minimum atomic E-state index is -0.212. The van der Waals surface area contributed by atoms with Gasteiger partial charge in [-0.05, 0) is 37.1 Å². The Morgan fingerprint density at radius 3 is 2.61 bits per heavy atom. The zero-order chi connectivity index (χ0) is 20.5. The molecule has 0 bridgehead atoms. The predicted molar refractivity (Wildman–Crippen MR) is 112 cm³/mol. The third kappa shape index (κ3) is 6.14. The number of benzene rings is 2. The maximum atomic E-state index is 12.3. The fraction of sp³-hybridized carbons (Fsp3) is 0.333. The summed E-state index contributed by atoms with van der Waals surface area (Å²) in [5.74, 6) is 0.312. The van der Waals surface area contributed by atoms with Gasteiger partial charge < -0.3 is 15.0 Å². The molecule has 28 heavy (non-hydrogen) atoms. The van der Waals surface area contributed by atoms with E-state index in [-0.39, 0.29) is 11.8 Å². The summed E-state index contributed by atoms with van der Waals surface area (Å²) >= 11 is 12.2. The molecule has 0 aliphatic rings. The van der Waals surface area contributed by atoms with Gasteiger partial charge in [-0.3, -0.25) is 9.59 Å². The Bertz CT molecular complexity index is 827. The summed E-state index contributed by atoms with van der Waals surface area (Å²) in [6.07, 6.45) is 0.858. The fourth-order valence-corrected chi connectivity index (χ4v) is 3.06. The number of nitrogens with zero attached hydrogens (tertiary/aromatic N) is 1. The van der Waals surface area contributed by atoms with Gasteiger partial charge >= 0.3 is 0 Å². The van der Waals surface area contributed by atoms with Crippen molar-refractivity contribution in [3.63, 3.8) is 0 Å². The highest BCUT2D eigenvalue weighted by molar-refractivity contribution is 6.42. The number of para-hydroxylation sites is 1. The van der Waals surface area contributed by atoms with Gasteiger partial charge in [-0.25, -0.2) is 0 Å². The molecule has 0 fully saturated rings. The second-order valence-corrected chi connectivity index (χ2v) is 7.04. The number of rotatable bonds is 9. The molecular weight excluding hydrogens is 399 g/mol. The van der Waals surface area contributed by atoms with Crippen molar-refractivity contribution in [2.75, 3.05) is 20.2 Å². The number of ether oxygens (including phenoxy) is 1. The first-order valence-corrected chi connectivity index (χ1v) is 9.86. The van der Waals surface area contributed by atoms with Gasteiger partial charge in [0.25, 0.3) is 5.91 Å². The minimum Gasteiger partial charge on any atom is -0.493 e. The largest absolute Gasteiger partial charge is 0.493 e. The molecule has 0 saturated carbocycles. The Morgan fingerprint density at radius 1 is 1.11 bits per heavy atom. The van der Waals surface area contributed by atoms with Gasteiger partial charge in [0.2, 0.25) is 5.91 Å². The fourth-order valence-electron chi connectivity index (χ4n) is 2.68. The van der Waals surface area contributed by atoms with Crippen LogP contribution in [0.4, 0.5) is 0 Å². The first-order valence-electron chi connectivity index (χ1n) is 9.11. The van der Waals surface area contributed by atoms with E-state index in [1.165, 1.54) is 0 Å². The van der Waals surface area contributed by atoms with Crippen molar-refractivity contribution in [1.29, 1.82) is 0 Å². The van der Waals surface area contributed by atoms with Crippen LogP contribution in [-0.2, 0) is 11.3 Å². The predicted octanol–water partition coefficient (Wildman–Crippen LogP) is 4.56. The van der Waals surface area contributed by atoms with E-state index >= 15 is 0 Å². The summed E-state index contributed by atoms with van der Waals surface area (Å²) in [4.78, 5) is 26.2. The molecule has 0 atom stereocenters. The number of carbonyl (C=O) groups is 2. The van der Waals surface area contributed by atoms with Crippen molar-refractivity contribution in [3.05, 3.63) is 63.6 Å². The van der Waals surface area contributed by atoms with E-state index in [2.05, 4.69) is 5.32 Å². The van der Waals surface area contributed by atoms with Crippen LogP contribution in [0, 0.1) is 0 Å². The maximum Gasteiger partial charge on any atom is 0.255 e. The number of hydrogen-bond acceptors (Lipinski definition) is 3. The second kappa shape index (κ2) is 10.9. The lowest BCUT2D eigenvalue weighted by Crippen LogP contribution is -2.29. The molecule has 0 aliphatic heterocycles. The van der Waals surface area contributed by atoms with E-state index in [1.54, 1.807) is 42.3 Å². The van der Waals surface area contributed by atoms with Crippen LogP contribution in [0.2, 0.25) is 10.0 Å². The third-order valence-corrected chi connectivity index (χ3v) is 5.01. The Hall–Kier alpha value is -2.24. The molecule has 2 aromatic carbocycles. The lowest BCUT2D eigenvalue weighted by Gasteiger charge is -2.18. The number of carbonyl (C=O) groups excluding carboxylic acids is 2. The molecular formula is C21H24Cl2N2O3. The van der Waals surface area contributed by atoms with Crippen molar-refractivity contribution in [1.82, 2.24) is 10.2 Å². The van der Waals surface area contributed by atoms with Crippen LogP contribution in [0.15, 0.2) is 42.5 Å². The van der Waals surface area contributed by atoms with Crippen molar-refractivity contribution in [3.8, 4) is 5.75 Å². The van der Waals surface area contributed by atoms with Gasteiger partial charge in [-0.2, -0.15) is 0 Å². The van der Waals surface area contributed by atoms with Crippen LogP contribution >= 0.6 is 23.2 Å². The maximum absolute atomic E-state index is 12.3. The average Bonchev–Trinajstić information content (AvgIpc) is 2.69. The molecule has 2 rings (SSSR count). The molecule has 2 aromatic rings. The quantitative estimate of drug-likeness (QED) is 0.602. The van der Waals surface area contributed by atoms with Crippen LogP contribution in [0.3, 0.4) is 0 Å². The minimum absolute atomic E-state index is 0.0278. The lowest BCUT2D eigenvalue weighted by atomic mass is 10.1. The van der Waals surface area contributed by atoms with Gasteiger partial charge in [-0.15, -0.1) is 0 Å². The summed E-state index contributed by atoms with van der Waals surface area (Å²) in [7, 11) is 1.72. The summed E-state index contributed by atoms with van der Waals surface area (Å²) < 4.78 is 5.47. The Balaban J connectivity index is 1.79. The summed E-state index contributed by atoms with van der Waals surface area (Å²) in [6.45, 7) is 3.14. The summed E-state index contributed by atoms with van der Waals surface area (Å²) in [5, 5.41) is 3.76. The van der Waals surface area contributed by atoms with E-state index in [9.17, 15) is 9.59 Å². The SMILES string of the molecule is CCOc1ccccc1C(=O)NCCCC(=O)N(C)Cc1cccc(Cl)c1Cl. The molecule has 0 aromatic heterocycles. The number of amides is 2. The third-order valence-electron chi connectivity index (χ3n) is 4.15. The lowest BCUT2D eigenvalue weighted by molar-refractivity contribution is -0.130. The van der Waals surface area contributed by atoms with Crippen LogP contribution in [0.1, 0.15) is 35.7 Å². The van der Waals surface area contributed by atoms with Gasteiger partial charge in [0.15, 0.2) is 0 Å². The molecule has 0 heterocycles. The average molecular weight is 423 g/mol. The van der Waals surface area contributed by atoms with E-state index in [0.717, 1.165) is 5.56 Å². The summed E-state index contributed by atoms with van der Waals surface area (Å²) in [5.41, 5.74) is 1.29. The van der Waals surface area contributed by atoms with Crippen molar-refractivity contribution in [2.45, 2.75) is 26.3 Å². The molecule has 1 N–H and O–H groups in total. The van der Waals surface area contributed by atoms with Crippen LogP contribution in [0.25, 0.3) is 0 Å². The standard InChI is InChI=1S/C21H24Cl2N2O3/c1-3-28-18-11-5-4-9-16(18)21(27)24-13-7-12-19(26)25(2)14-15-8-6-10-17(22)20(15)23/h4-6,8-11H,3,7,12-14H2,1-2H3,(H,24,27). The smallest absolute Gasteiger partial charge is 0.255 e. The van der Waals surface area contributed by atoms with E-state index < -0.39 is 0 Å². The Morgan fingerprint density at radius 2 is 1.86 bits per heavy atom. The van der Waals surface area contributed by atoms with Crippen molar-refractivity contribution < 1.29 is 14.3 Å². The molecule has 0 spiro atoms. The van der Waals surface area contributed by atoms with Gasteiger partial charge in [0, 0.05) is 26.6 Å². The molecule has 0 radical (unpaired) electrons. The molecule has 2 amide bonds. The number of halogens is 2. The molecule has 7 heteroatoms. The van der Waals surface area contributed by atoms with Gasteiger partial charge in [0.05, 0.1) is 22.2 Å². The first-order chi connectivity index (χ1) is 13.4. The zero-order valence-electron chi connectivity index (χ0n) is 16.0. The number of hydrogen-bond donors (Lipinski definition) is 1. The molecule has 0 aliphatic carbocycles. The highest BCUT2D eigenvalue weighted by Crippen LogP contribution is 2.26. The van der Waals surface area contributed by atoms with E-state index in [1.807, 2.05) is 19.1 Å². The Kier molecular flexibility index (Phi) is 8.61. The van der Waals surface area contributed by atoms with E-state index in [4.69, 9.17) is 27.9 Å². The first kappa shape index (κ1) is 22.1. The van der Waals surface area contributed by atoms with Crippen molar-refractivity contribution >= 4 is 35.0 Å². The Labute approximate surface area is 175 Å². The molecule has 0 saturated heterocycles. The van der Waals surface area contributed by atoms with Crippen LogP contribution in [0.5, 0.6) is 5.75 Å². The molecule has 0 unspecified atom stereocenters. The topological polar surface area (TPSA) is 58.6 Å². The second-order valence-electron chi connectivity index (χ2n) is 6.25. The van der Waals surface area contributed by atoms with Crippen LogP contribution < -0.4 is 10.1 Å². The monoisotopic (exact) mass is 422 g/mol.